The van der Waals surface area contributed by atoms with Crippen molar-refractivity contribution in [3.63, 3.8) is 0 Å². The largest absolute Gasteiger partial charge is 0.573 e. The monoisotopic (exact) mass is 423 g/mol. The van der Waals surface area contributed by atoms with Gasteiger partial charge in [-0.05, 0) is 49.4 Å². The van der Waals surface area contributed by atoms with Crippen LogP contribution >= 0.6 is 11.6 Å². The molecule has 0 radical (unpaired) electrons. The number of nitrogens with zero attached hydrogens (tertiary/aromatic N) is 3. The van der Waals surface area contributed by atoms with E-state index in [4.69, 9.17) is 16.6 Å². The molecule has 1 aromatic carbocycles. The van der Waals surface area contributed by atoms with E-state index in [2.05, 4.69) is 28.1 Å². The molecule has 1 aliphatic carbocycles. The van der Waals surface area contributed by atoms with Crippen LogP contribution in [0.4, 0.5) is 13.2 Å². The van der Waals surface area contributed by atoms with Crippen LogP contribution in [0.5, 0.6) is 5.75 Å². The van der Waals surface area contributed by atoms with Crippen molar-refractivity contribution in [1.29, 1.82) is 0 Å². The molecule has 2 heterocycles. The molecule has 0 amide bonds. The third-order valence-electron chi connectivity index (χ3n) is 5.35. The van der Waals surface area contributed by atoms with Crippen molar-refractivity contribution in [2.45, 2.75) is 51.9 Å². The van der Waals surface area contributed by atoms with Crippen molar-refractivity contribution in [1.82, 2.24) is 14.5 Å². The van der Waals surface area contributed by atoms with Crippen LogP contribution in [0.25, 0.3) is 22.3 Å². The van der Waals surface area contributed by atoms with Crippen LogP contribution in [-0.2, 0) is 6.42 Å². The van der Waals surface area contributed by atoms with Gasteiger partial charge in [0.25, 0.3) is 0 Å². The summed E-state index contributed by atoms with van der Waals surface area (Å²) in [5.74, 6) is 1.26. The summed E-state index contributed by atoms with van der Waals surface area (Å²) in [5.41, 5.74) is 2.86. The first kappa shape index (κ1) is 20.0. The molecule has 0 saturated heterocycles. The van der Waals surface area contributed by atoms with Gasteiger partial charge in [-0.3, -0.25) is 0 Å². The molecule has 1 saturated carbocycles. The highest BCUT2D eigenvalue weighted by molar-refractivity contribution is 6.33. The zero-order valence-electron chi connectivity index (χ0n) is 16.1. The van der Waals surface area contributed by atoms with Crippen LogP contribution in [0.3, 0.4) is 0 Å². The van der Waals surface area contributed by atoms with E-state index in [1.807, 2.05) is 0 Å². The Morgan fingerprint density at radius 2 is 1.97 bits per heavy atom. The number of pyridine rings is 1. The minimum absolute atomic E-state index is 0.168. The fourth-order valence-corrected chi connectivity index (χ4v) is 4.24. The molecule has 29 heavy (non-hydrogen) atoms. The molecule has 0 N–H and O–H groups in total. The lowest BCUT2D eigenvalue weighted by Crippen LogP contribution is -2.17. The molecule has 2 aromatic heterocycles. The van der Waals surface area contributed by atoms with E-state index in [9.17, 15) is 13.2 Å². The van der Waals surface area contributed by atoms with Crippen molar-refractivity contribution in [2.24, 2.45) is 5.92 Å². The lowest BCUT2D eigenvalue weighted by atomic mass is 10.1. The normalized spacial score (nSPS) is 15.7. The highest BCUT2D eigenvalue weighted by Crippen LogP contribution is 2.44. The molecule has 0 bridgehead atoms. The molecule has 1 fully saturated rings. The molecule has 0 aliphatic heterocycles. The minimum atomic E-state index is -4.76. The average molecular weight is 424 g/mol. The number of ether oxygens (including phenoxy) is 1. The number of imidazole rings is 1. The number of hydrogen-bond acceptors (Lipinski definition) is 3. The van der Waals surface area contributed by atoms with Crippen molar-refractivity contribution in [3.05, 3.63) is 41.3 Å². The maximum absolute atomic E-state index is 12.5. The van der Waals surface area contributed by atoms with Crippen molar-refractivity contribution < 1.29 is 17.9 Å². The van der Waals surface area contributed by atoms with E-state index < -0.39 is 6.36 Å². The Labute approximate surface area is 171 Å². The summed E-state index contributed by atoms with van der Waals surface area (Å²) in [6, 6.07) is 6.12. The fraction of sp³-hybridized carbons (Fsp3) is 0.429. The van der Waals surface area contributed by atoms with Gasteiger partial charge in [0.1, 0.15) is 17.1 Å². The summed E-state index contributed by atoms with van der Waals surface area (Å²) in [7, 11) is 0. The van der Waals surface area contributed by atoms with Gasteiger partial charge in [0, 0.05) is 29.8 Å². The van der Waals surface area contributed by atoms with E-state index in [0.29, 0.717) is 17.5 Å². The van der Waals surface area contributed by atoms with Crippen molar-refractivity contribution >= 4 is 22.8 Å². The third-order valence-corrected chi connectivity index (χ3v) is 5.66. The molecular formula is C21H21ClF3N3O. The summed E-state index contributed by atoms with van der Waals surface area (Å²) < 4.78 is 43.7. The average Bonchev–Trinajstić information content (AvgIpc) is 3.42. The number of rotatable bonds is 6. The summed E-state index contributed by atoms with van der Waals surface area (Å²) in [4.78, 5) is 9.43. The Hall–Kier alpha value is -2.28. The first-order chi connectivity index (χ1) is 13.8. The quantitative estimate of drug-likeness (QED) is 0.450. The molecule has 4 nitrogen and oxygen atoms in total. The van der Waals surface area contributed by atoms with Gasteiger partial charge in [-0.1, -0.05) is 25.4 Å². The molecule has 0 spiro atoms. The van der Waals surface area contributed by atoms with Crippen molar-refractivity contribution in [2.75, 3.05) is 0 Å². The number of alkyl halides is 3. The van der Waals surface area contributed by atoms with E-state index in [-0.39, 0.29) is 10.8 Å². The number of aromatic nitrogens is 3. The second-order valence-electron chi connectivity index (χ2n) is 7.28. The Kier molecular flexibility index (Phi) is 5.19. The number of fused-ring (bicyclic) bond motifs is 1. The first-order valence-electron chi connectivity index (χ1n) is 9.73. The van der Waals surface area contributed by atoms with Crippen molar-refractivity contribution in [3.8, 4) is 16.9 Å². The number of benzene rings is 1. The van der Waals surface area contributed by atoms with Gasteiger partial charge < -0.3 is 9.30 Å². The Bertz CT molecular complexity index is 1040. The Morgan fingerprint density at radius 3 is 2.55 bits per heavy atom. The van der Waals surface area contributed by atoms with Gasteiger partial charge in [0.2, 0.25) is 0 Å². The van der Waals surface area contributed by atoms with E-state index in [1.54, 1.807) is 12.3 Å². The topological polar surface area (TPSA) is 39.9 Å². The second kappa shape index (κ2) is 7.52. The molecule has 1 unspecified atom stereocenters. The highest BCUT2D eigenvalue weighted by atomic mass is 35.5. The number of halogens is 4. The highest BCUT2D eigenvalue weighted by Gasteiger charge is 2.34. The molecule has 3 aromatic rings. The van der Waals surface area contributed by atoms with Crippen LogP contribution < -0.4 is 4.74 Å². The SMILES string of the molecule is CCc1nc2c(-c3ccc(OC(F)(F)F)cc3Cl)ccnc2n1C(CC)C1CC1. The molecule has 1 atom stereocenters. The van der Waals surface area contributed by atoms with Gasteiger partial charge in [-0.25, -0.2) is 9.97 Å². The summed E-state index contributed by atoms with van der Waals surface area (Å²) >= 11 is 6.32. The molecule has 154 valence electrons. The fourth-order valence-electron chi connectivity index (χ4n) is 3.97. The first-order valence-corrected chi connectivity index (χ1v) is 10.1. The van der Waals surface area contributed by atoms with Crippen LogP contribution in [0, 0.1) is 5.92 Å². The number of aryl methyl sites for hydroxylation is 1. The molecular weight excluding hydrogens is 403 g/mol. The summed E-state index contributed by atoms with van der Waals surface area (Å²) in [6.07, 6.45) is 1.14. The smallest absolute Gasteiger partial charge is 0.406 e. The maximum atomic E-state index is 12.5. The summed E-state index contributed by atoms with van der Waals surface area (Å²) in [6.45, 7) is 4.24. The van der Waals surface area contributed by atoms with E-state index >= 15 is 0 Å². The Morgan fingerprint density at radius 1 is 1.21 bits per heavy atom. The van der Waals surface area contributed by atoms with Crippen LogP contribution in [0.2, 0.25) is 5.02 Å². The van der Waals surface area contributed by atoms with Gasteiger partial charge in [-0.2, -0.15) is 0 Å². The molecule has 4 rings (SSSR count). The van der Waals surface area contributed by atoms with E-state index in [0.717, 1.165) is 35.4 Å². The van der Waals surface area contributed by atoms with Crippen LogP contribution in [0.15, 0.2) is 30.5 Å². The van der Waals surface area contributed by atoms with E-state index in [1.165, 1.54) is 31.0 Å². The van der Waals surface area contributed by atoms with Crippen LogP contribution in [-0.4, -0.2) is 20.9 Å². The Balaban J connectivity index is 1.82. The second-order valence-corrected chi connectivity index (χ2v) is 7.69. The number of hydrogen-bond donors (Lipinski definition) is 0. The van der Waals surface area contributed by atoms with Gasteiger partial charge in [-0.15, -0.1) is 13.2 Å². The standard InChI is InChI=1S/C21H21ClF3N3O/c1-3-17(12-5-6-12)28-18(4-2)27-19-15(9-10-26-20(19)28)14-8-7-13(11-16(14)22)29-21(23,24)25/h7-12,17H,3-6H2,1-2H3. The lowest BCUT2D eigenvalue weighted by Gasteiger charge is -2.19. The maximum Gasteiger partial charge on any atom is 0.573 e. The van der Waals surface area contributed by atoms with Gasteiger partial charge in [0.05, 0.1) is 5.02 Å². The van der Waals surface area contributed by atoms with Gasteiger partial charge in [0.15, 0.2) is 5.65 Å². The predicted octanol–water partition coefficient (Wildman–Crippen LogP) is 6.57. The summed E-state index contributed by atoms with van der Waals surface area (Å²) in [5, 5.41) is 0.168. The predicted molar refractivity (Wildman–Crippen MR) is 106 cm³/mol. The minimum Gasteiger partial charge on any atom is -0.406 e. The van der Waals surface area contributed by atoms with Gasteiger partial charge >= 0.3 is 6.36 Å². The zero-order valence-corrected chi connectivity index (χ0v) is 16.9. The lowest BCUT2D eigenvalue weighted by molar-refractivity contribution is -0.274. The van der Waals surface area contributed by atoms with Crippen LogP contribution in [0.1, 0.15) is 45.0 Å². The molecule has 8 heteroatoms. The zero-order chi connectivity index (χ0) is 20.8. The molecule has 1 aliphatic rings. The third kappa shape index (κ3) is 3.92.